The lowest BCUT2D eigenvalue weighted by molar-refractivity contribution is -0.139. The number of rotatable bonds is 8. The van der Waals surface area contributed by atoms with E-state index in [-0.39, 0.29) is 24.2 Å². The summed E-state index contributed by atoms with van der Waals surface area (Å²) >= 11 is 0. The van der Waals surface area contributed by atoms with Gasteiger partial charge < -0.3 is 20.3 Å². The predicted molar refractivity (Wildman–Crippen MR) is 100 cm³/mol. The van der Waals surface area contributed by atoms with Crippen LogP contribution < -0.4 is 10.6 Å². The second-order valence-corrected chi connectivity index (χ2v) is 7.28. The number of anilines is 1. The molecule has 0 saturated carbocycles. The number of nitrogens with zero attached hydrogens (tertiary/aromatic N) is 2. The first-order chi connectivity index (χ1) is 13.5. The molecule has 0 spiro atoms. The fraction of sp³-hybridized carbons (Fsp3) is 0.368. The predicted octanol–water partition coefficient (Wildman–Crippen LogP) is 2.06. The molecule has 0 saturated heterocycles. The molecule has 0 aliphatic heterocycles. The maximum Gasteiger partial charge on any atom is 0.305 e. The molecule has 0 radical (unpaired) electrons. The van der Waals surface area contributed by atoms with Crippen molar-refractivity contribution in [1.82, 2.24) is 14.9 Å². The number of carboxylic acid groups (broad SMARTS) is 1. The highest BCUT2D eigenvalue weighted by atomic mass is 19.1. The Morgan fingerprint density at radius 3 is 2.41 bits per heavy atom. The van der Waals surface area contributed by atoms with Crippen molar-refractivity contribution in [1.29, 1.82) is 0 Å². The number of nitrogens with one attached hydrogen (secondary N) is 2. The van der Waals surface area contributed by atoms with Crippen molar-refractivity contribution in [2.45, 2.75) is 45.2 Å². The van der Waals surface area contributed by atoms with E-state index < -0.39 is 41.0 Å². The van der Waals surface area contributed by atoms with Gasteiger partial charge in [0.1, 0.15) is 17.7 Å². The molecule has 2 aromatic rings. The van der Waals surface area contributed by atoms with Gasteiger partial charge >= 0.3 is 5.97 Å². The Morgan fingerprint density at radius 1 is 1.21 bits per heavy atom. The van der Waals surface area contributed by atoms with Crippen LogP contribution in [0.3, 0.4) is 0 Å². The van der Waals surface area contributed by atoms with E-state index in [4.69, 9.17) is 5.11 Å². The molecule has 0 aliphatic rings. The summed E-state index contributed by atoms with van der Waals surface area (Å²) in [7, 11) is 0. The van der Waals surface area contributed by atoms with E-state index in [0.29, 0.717) is 6.07 Å². The average Bonchev–Trinajstić information content (AvgIpc) is 3.01. The minimum atomic E-state index is -0.969. The van der Waals surface area contributed by atoms with Crippen molar-refractivity contribution in [2.75, 3.05) is 5.32 Å². The van der Waals surface area contributed by atoms with Gasteiger partial charge in [0, 0.05) is 12.3 Å². The molecule has 3 N–H and O–H groups in total. The molecule has 156 valence electrons. The minimum Gasteiger partial charge on any atom is -0.481 e. The quantitative estimate of drug-likeness (QED) is 0.619. The highest BCUT2D eigenvalue weighted by molar-refractivity contribution is 5.96. The van der Waals surface area contributed by atoms with Crippen LogP contribution in [0.2, 0.25) is 0 Å². The van der Waals surface area contributed by atoms with Crippen LogP contribution in [0.4, 0.5) is 14.6 Å². The van der Waals surface area contributed by atoms with Crippen molar-refractivity contribution in [2.24, 2.45) is 0 Å². The van der Waals surface area contributed by atoms with Gasteiger partial charge in [-0.25, -0.2) is 13.8 Å². The third kappa shape index (κ3) is 6.37. The standard InChI is InChI=1S/C19H22F2N4O4/c1-11(23-16(26)6-12-4-13(20)7-14(21)5-12)18(29)24-15-9-25(10-22-15)19(2,3)8-17(27)28/h4-5,7,9-11H,6,8H2,1-3H3,(H,23,26)(H,24,29)(H,27,28). The summed E-state index contributed by atoms with van der Waals surface area (Å²) in [6, 6.07) is 1.85. The molecular weight excluding hydrogens is 386 g/mol. The lowest BCUT2D eigenvalue weighted by Crippen LogP contribution is -2.42. The second kappa shape index (κ2) is 8.80. The zero-order chi connectivity index (χ0) is 21.8. The zero-order valence-electron chi connectivity index (χ0n) is 16.2. The number of aliphatic carboxylic acids is 1. The van der Waals surface area contributed by atoms with E-state index in [0.717, 1.165) is 12.1 Å². The van der Waals surface area contributed by atoms with Crippen molar-refractivity contribution < 1.29 is 28.3 Å². The first-order valence-electron chi connectivity index (χ1n) is 8.78. The molecule has 1 aromatic carbocycles. The molecule has 2 rings (SSSR count). The van der Waals surface area contributed by atoms with Gasteiger partial charge in [-0.15, -0.1) is 0 Å². The highest BCUT2D eigenvalue weighted by Gasteiger charge is 2.25. The molecule has 10 heteroatoms. The number of carbonyl (C=O) groups is 3. The first-order valence-corrected chi connectivity index (χ1v) is 8.78. The van der Waals surface area contributed by atoms with Crippen LogP contribution in [0, 0.1) is 11.6 Å². The Kier molecular flexibility index (Phi) is 6.68. The number of halogens is 2. The van der Waals surface area contributed by atoms with E-state index in [1.165, 1.54) is 19.4 Å². The average molecular weight is 408 g/mol. The normalized spacial score (nSPS) is 12.3. The van der Waals surface area contributed by atoms with Crippen molar-refractivity contribution in [3.63, 3.8) is 0 Å². The molecule has 8 nitrogen and oxygen atoms in total. The van der Waals surface area contributed by atoms with Crippen LogP contribution in [0.25, 0.3) is 0 Å². The Morgan fingerprint density at radius 2 is 1.83 bits per heavy atom. The molecule has 0 aliphatic carbocycles. The van der Waals surface area contributed by atoms with Gasteiger partial charge in [0.15, 0.2) is 5.82 Å². The summed E-state index contributed by atoms with van der Waals surface area (Å²) < 4.78 is 27.9. The van der Waals surface area contributed by atoms with E-state index in [9.17, 15) is 23.2 Å². The number of amides is 2. The maximum atomic E-state index is 13.2. The summed E-state index contributed by atoms with van der Waals surface area (Å²) in [6.45, 7) is 4.88. The van der Waals surface area contributed by atoms with Gasteiger partial charge in [0.25, 0.3) is 0 Å². The summed E-state index contributed by atoms with van der Waals surface area (Å²) in [4.78, 5) is 39.3. The van der Waals surface area contributed by atoms with Crippen molar-refractivity contribution in [3.8, 4) is 0 Å². The second-order valence-electron chi connectivity index (χ2n) is 7.28. The van der Waals surface area contributed by atoms with Crippen LogP contribution >= 0.6 is 0 Å². The molecule has 0 bridgehead atoms. The van der Waals surface area contributed by atoms with Gasteiger partial charge in [-0.3, -0.25) is 14.4 Å². The molecule has 1 aromatic heterocycles. The Bertz CT molecular complexity index is 906. The summed E-state index contributed by atoms with van der Waals surface area (Å²) in [6.07, 6.45) is 2.47. The van der Waals surface area contributed by atoms with Crippen molar-refractivity contribution in [3.05, 3.63) is 47.9 Å². The van der Waals surface area contributed by atoms with E-state index in [2.05, 4.69) is 15.6 Å². The highest BCUT2D eigenvalue weighted by Crippen LogP contribution is 2.21. The Labute approximate surface area is 165 Å². The van der Waals surface area contributed by atoms with Crippen LogP contribution in [0.5, 0.6) is 0 Å². The topological polar surface area (TPSA) is 113 Å². The summed E-state index contributed by atoms with van der Waals surface area (Å²) in [5.41, 5.74) is -0.603. The monoisotopic (exact) mass is 408 g/mol. The Balaban J connectivity index is 1.93. The fourth-order valence-electron chi connectivity index (χ4n) is 2.67. The number of hydrogen-bond donors (Lipinski definition) is 3. The minimum absolute atomic E-state index is 0.135. The Hall–Kier alpha value is -3.30. The molecule has 1 heterocycles. The molecular formula is C19H22F2N4O4. The first kappa shape index (κ1) is 22.0. The number of benzene rings is 1. The van der Waals surface area contributed by atoms with Crippen LogP contribution in [-0.2, 0) is 26.3 Å². The fourth-order valence-corrected chi connectivity index (χ4v) is 2.67. The number of carboxylic acids is 1. The molecule has 0 fully saturated rings. The third-order valence-electron chi connectivity index (χ3n) is 4.17. The van der Waals surface area contributed by atoms with E-state index in [1.54, 1.807) is 18.4 Å². The van der Waals surface area contributed by atoms with Gasteiger partial charge in [-0.05, 0) is 38.5 Å². The number of carbonyl (C=O) groups excluding carboxylic acids is 2. The third-order valence-corrected chi connectivity index (χ3v) is 4.17. The SMILES string of the molecule is CC(NC(=O)Cc1cc(F)cc(F)c1)C(=O)Nc1cn(C(C)(C)CC(=O)O)cn1. The largest absolute Gasteiger partial charge is 0.481 e. The van der Waals surface area contributed by atoms with Gasteiger partial charge in [-0.1, -0.05) is 0 Å². The molecule has 1 unspecified atom stereocenters. The van der Waals surface area contributed by atoms with E-state index in [1.807, 2.05) is 0 Å². The summed E-state index contributed by atoms with van der Waals surface area (Å²) in [5, 5.41) is 13.9. The molecule has 29 heavy (non-hydrogen) atoms. The number of hydrogen-bond acceptors (Lipinski definition) is 4. The van der Waals surface area contributed by atoms with E-state index >= 15 is 0 Å². The van der Waals surface area contributed by atoms with Gasteiger partial charge in [0.05, 0.1) is 24.7 Å². The zero-order valence-corrected chi connectivity index (χ0v) is 16.2. The summed E-state index contributed by atoms with van der Waals surface area (Å²) in [5.74, 6) is -3.48. The van der Waals surface area contributed by atoms with Crippen LogP contribution in [0.1, 0.15) is 32.8 Å². The van der Waals surface area contributed by atoms with Crippen LogP contribution in [0.15, 0.2) is 30.7 Å². The smallest absolute Gasteiger partial charge is 0.305 e. The van der Waals surface area contributed by atoms with Gasteiger partial charge in [-0.2, -0.15) is 0 Å². The van der Waals surface area contributed by atoms with Crippen LogP contribution in [-0.4, -0.2) is 38.5 Å². The number of aromatic nitrogens is 2. The number of imidazole rings is 1. The van der Waals surface area contributed by atoms with Crippen molar-refractivity contribution >= 4 is 23.6 Å². The molecule has 2 amide bonds. The lowest BCUT2D eigenvalue weighted by Gasteiger charge is -2.24. The molecule has 1 atom stereocenters. The lowest BCUT2D eigenvalue weighted by atomic mass is 10.0. The maximum absolute atomic E-state index is 13.2. The van der Waals surface area contributed by atoms with Gasteiger partial charge in [0.2, 0.25) is 11.8 Å².